The fourth-order valence-electron chi connectivity index (χ4n) is 2.62. The normalized spacial score (nSPS) is 32.6. The first-order valence-corrected chi connectivity index (χ1v) is 5.54. The Morgan fingerprint density at radius 2 is 2.12 bits per heavy atom. The molecule has 1 fully saturated rings. The number of carboxylic acid groups (broad SMARTS) is 1. The smallest absolute Gasteiger partial charge is 0.314 e. The SMILES string of the molecule is CC1(F)CCC(C(=O)O)(c2cccc(F)c2)C1. The molecule has 4 heteroatoms. The molecule has 1 aliphatic rings. The van der Waals surface area contributed by atoms with E-state index >= 15 is 0 Å². The van der Waals surface area contributed by atoms with Crippen molar-refractivity contribution in [3.8, 4) is 0 Å². The van der Waals surface area contributed by atoms with E-state index in [0.29, 0.717) is 5.56 Å². The van der Waals surface area contributed by atoms with Gasteiger partial charge in [-0.3, -0.25) is 4.79 Å². The summed E-state index contributed by atoms with van der Waals surface area (Å²) in [6, 6.07) is 5.46. The molecule has 92 valence electrons. The van der Waals surface area contributed by atoms with Crippen molar-refractivity contribution in [2.24, 2.45) is 0 Å². The van der Waals surface area contributed by atoms with Gasteiger partial charge in [0.05, 0.1) is 5.41 Å². The Kier molecular flexibility index (Phi) is 2.68. The van der Waals surface area contributed by atoms with Gasteiger partial charge >= 0.3 is 5.97 Å². The molecule has 1 aromatic rings. The second kappa shape index (κ2) is 3.79. The Labute approximate surface area is 98.3 Å². The van der Waals surface area contributed by atoms with Crippen LogP contribution in [0.2, 0.25) is 0 Å². The maximum Gasteiger partial charge on any atom is 0.314 e. The Hall–Kier alpha value is -1.45. The minimum atomic E-state index is -1.50. The Morgan fingerprint density at radius 3 is 2.59 bits per heavy atom. The fraction of sp³-hybridized carbons (Fsp3) is 0.462. The van der Waals surface area contributed by atoms with Crippen molar-refractivity contribution in [2.75, 3.05) is 0 Å². The summed E-state index contributed by atoms with van der Waals surface area (Å²) in [5, 5.41) is 9.35. The first kappa shape index (κ1) is 12.0. The van der Waals surface area contributed by atoms with E-state index in [9.17, 15) is 18.7 Å². The van der Waals surface area contributed by atoms with Crippen LogP contribution in [0.25, 0.3) is 0 Å². The first-order chi connectivity index (χ1) is 7.86. The van der Waals surface area contributed by atoms with Crippen molar-refractivity contribution in [3.05, 3.63) is 35.6 Å². The van der Waals surface area contributed by atoms with Crippen LogP contribution in [0.5, 0.6) is 0 Å². The lowest BCUT2D eigenvalue weighted by Gasteiger charge is -2.25. The molecule has 17 heavy (non-hydrogen) atoms. The van der Waals surface area contributed by atoms with E-state index in [1.54, 1.807) is 6.07 Å². The molecule has 0 spiro atoms. The zero-order valence-electron chi connectivity index (χ0n) is 9.54. The van der Waals surface area contributed by atoms with Gasteiger partial charge in [-0.15, -0.1) is 0 Å². The lowest BCUT2D eigenvalue weighted by Crippen LogP contribution is -2.34. The fourth-order valence-corrected chi connectivity index (χ4v) is 2.62. The third kappa shape index (κ3) is 2.04. The number of hydrogen-bond donors (Lipinski definition) is 1. The second-order valence-electron chi connectivity index (χ2n) is 4.99. The van der Waals surface area contributed by atoms with Crippen LogP contribution >= 0.6 is 0 Å². The quantitative estimate of drug-likeness (QED) is 0.862. The molecule has 1 saturated carbocycles. The van der Waals surface area contributed by atoms with Crippen LogP contribution in [0.4, 0.5) is 8.78 Å². The van der Waals surface area contributed by atoms with Crippen LogP contribution in [0, 0.1) is 5.82 Å². The van der Waals surface area contributed by atoms with Crippen LogP contribution in [0.3, 0.4) is 0 Å². The topological polar surface area (TPSA) is 37.3 Å². The average Bonchev–Trinajstić information content (AvgIpc) is 2.56. The zero-order valence-corrected chi connectivity index (χ0v) is 9.54. The molecule has 2 unspecified atom stereocenters. The third-order valence-corrected chi connectivity index (χ3v) is 3.53. The van der Waals surface area contributed by atoms with Gasteiger partial charge in [0.15, 0.2) is 0 Å². The van der Waals surface area contributed by atoms with E-state index < -0.39 is 22.9 Å². The van der Waals surface area contributed by atoms with Crippen LogP contribution in [-0.2, 0) is 10.2 Å². The van der Waals surface area contributed by atoms with E-state index in [4.69, 9.17) is 0 Å². The largest absolute Gasteiger partial charge is 0.481 e. The number of halogens is 2. The molecule has 0 radical (unpaired) electrons. The van der Waals surface area contributed by atoms with Crippen molar-refractivity contribution in [1.29, 1.82) is 0 Å². The molecule has 1 N–H and O–H groups in total. The number of hydrogen-bond acceptors (Lipinski definition) is 1. The highest BCUT2D eigenvalue weighted by molar-refractivity contribution is 5.82. The zero-order chi connectivity index (χ0) is 12.7. The standard InChI is InChI=1S/C13H14F2O2/c1-12(15)5-6-13(8-12,11(16)17)9-3-2-4-10(14)7-9/h2-4,7H,5-6,8H2,1H3,(H,16,17). The van der Waals surface area contributed by atoms with Crippen molar-refractivity contribution in [2.45, 2.75) is 37.3 Å². The minimum absolute atomic E-state index is 0.0984. The highest BCUT2D eigenvalue weighted by Gasteiger charge is 2.52. The van der Waals surface area contributed by atoms with E-state index in [-0.39, 0.29) is 19.3 Å². The van der Waals surface area contributed by atoms with Gasteiger partial charge in [-0.25, -0.2) is 8.78 Å². The van der Waals surface area contributed by atoms with Gasteiger partial charge in [0.1, 0.15) is 11.5 Å². The van der Waals surface area contributed by atoms with Crippen LogP contribution in [0.15, 0.2) is 24.3 Å². The van der Waals surface area contributed by atoms with Crippen LogP contribution < -0.4 is 0 Å². The Balaban J connectivity index is 2.47. The molecular weight excluding hydrogens is 226 g/mol. The molecule has 2 nitrogen and oxygen atoms in total. The number of alkyl halides is 1. The summed E-state index contributed by atoms with van der Waals surface area (Å²) in [6.45, 7) is 1.40. The predicted octanol–water partition coefficient (Wildman–Crippen LogP) is 3.06. The Morgan fingerprint density at radius 1 is 1.41 bits per heavy atom. The van der Waals surface area contributed by atoms with Crippen molar-refractivity contribution in [3.63, 3.8) is 0 Å². The minimum Gasteiger partial charge on any atom is -0.481 e. The summed E-state index contributed by atoms with van der Waals surface area (Å²) < 4.78 is 27.1. The summed E-state index contributed by atoms with van der Waals surface area (Å²) in [5.41, 5.74) is -2.43. The molecule has 0 aliphatic heterocycles. The summed E-state index contributed by atoms with van der Waals surface area (Å²) in [4.78, 5) is 11.4. The van der Waals surface area contributed by atoms with Gasteiger partial charge in [-0.05, 0) is 37.5 Å². The summed E-state index contributed by atoms with van der Waals surface area (Å²) >= 11 is 0. The highest BCUT2D eigenvalue weighted by atomic mass is 19.1. The number of rotatable bonds is 2. The molecule has 0 saturated heterocycles. The summed E-state index contributed by atoms with van der Waals surface area (Å²) in [6.07, 6.45) is 0.299. The van der Waals surface area contributed by atoms with Gasteiger partial charge in [0.2, 0.25) is 0 Å². The monoisotopic (exact) mass is 240 g/mol. The van der Waals surface area contributed by atoms with Crippen LogP contribution in [-0.4, -0.2) is 16.7 Å². The molecular formula is C13H14F2O2. The molecule has 0 amide bonds. The maximum absolute atomic E-state index is 13.9. The number of aliphatic carboxylic acids is 1. The third-order valence-electron chi connectivity index (χ3n) is 3.53. The molecule has 0 heterocycles. The second-order valence-corrected chi connectivity index (χ2v) is 4.99. The number of carbonyl (C=O) groups is 1. The maximum atomic E-state index is 13.9. The highest BCUT2D eigenvalue weighted by Crippen LogP contribution is 2.48. The summed E-state index contributed by atoms with van der Waals surface area (Å²) in [7, 11) is 0. The van der Waals surface area contributed by atoms with Gasteiger partial charge in [0, 0.05) is 6.42 Å². The summed E-state index contributed by atoms with van der Waals surface area (Å²) in [5.74, 6) is -1.57. The molecule has 0 bridgehead atoms. The molecule has 0 aromatic heterocycles. The predicted molar refractivity (Wildman–Crippen MR) is 59.1 cm³/mol. The molecule has 2 atom stereocenters. The van der Waals surface area contributed by atoms with Crippen molar-refractivity contribution in [1.82, 2.24) is 0 Å². The first-order valence-electron chi connectivity index (χ1n) is 5.54. The lowest BCUT2D eigenvalue weighted by molar-refractivity contribution is -0.144. The van der Waals surface area contributed by atoms with Crippen molar-refractivity contribution >= 4 is 5.97 Å². The lowest BCUT2D eigenvalue weighted by atomic mass is 9.78. The van der Waals surface area contributed by atoms with Gasteiger partial charge in [-0.1, -0.05) is 12.1 Å². The molecule has 1 aromatic carbocycles. The van der Waals surface area contributed by atoms with Crippen LogP contribution in [0.1, 0.15) is 31.7 Å². The van der Waals surface area contributed by atoms with Gasteiger partial charge in [-0.2, -0.15) is 0 Å². The molecule has 2 rings (SSSR count). The van der Waals surface area contributed by atoms with Crippen molar-refractivity contribution < 1.29 is 18.7 Å². The van der Waals surface area contributed by atoms with E-state index in [2.05, 4.69) is 0 Å². The molecule has 1 aliphatic carbocycles. The van der Waals surface area contributed by atoms with E-state index in [1.165, 1.54) is 25.1 Å². The Bertz CT molecular complexity index is 456. The van der Waals surface area contributed by atoms with E-state index in [1.807, 2.05) is 0 Å². The average molecular weight is 240 g/mol. The van der Waals surface area contributed by atoms with E-state index in [0.717, 1.165) is 0 Å². The van der Waals surface area contributed by atoms with Gasteiger partial charge < -0.3 is 5.11 Å². The number of benzene rings is 1. The number of carboxylic acids is 1. The van der Waals surface area contributed by atoms with Gasteiger partial charge in [0.25, 0.3) is 0 Å².